The van der Waals surface area contributed by atoms with Crippen LogP contribution in [0.25, 0.3) is 0 Å². The second-order valence-electron chi connectivity index (χ2n) is 4.71. The first-order chi connectivity index (χ1) is 8.97. The van der Waals surface area contributed by atoms with Crippen LogP contribution in [0.5, 0.6) is 0 Å². The van der Waals surface area contributed by atoms with Gasteiger partial charge < -0.3 is 5.73 Å². The molecule has 2 rings (SSSR count). The van der Waals surface area contributed by atoms with Crippen LogP contribution >= 0.6 is 11.8 Å². The fourth-order valence-electron chi connectivity index (χ4n) is 1.95. The first-order valence-electron chi connectivity index (χ1n) is 6.05. The van der Waals surface area contributed by atoms with Gasteiger partial charge in [0.2, 0.25) is 0 Å². The van der Waals surface area contributed by atoms with Crippen LogP contribution in [0, 0.1) is 13.8 Å². The Morgan fingerprint density at radius 1 is 1.37 bits per heavy atom. The Bertz CT molecular complexity index is 612. The molecule has 1 aromatic heterocycles. The summed E-state index contributed by atoms with van der Waals surface area (Å²) in [7, 11) is 1.69. The van der Waals surface area contributed by atoms with E-state index in [1.807, 2.05) is 0 Å². The SMILES string of the molecule is Cc1cc(C)cc(C(N)CSc2n[nH]c(=O)n2C)c1. The van der Waals surface area contributed by atoms with Crippen LogP contribution < -0.4 is 11.4 Å². The molecule has 0 aliphatic rings. The minimum atomic E-state index is -0.206. The van der Waals surface area contributed by atoms with Crippen molar-refractivity contribution in [3.05, 3.63) is 45.4 Å². The number of hydrogen-bond donors (Lipinski definition) is 2. The molecule has 102 valence electrons. The molecule has 1 aromatic carbocycles. The molecule has 0 aliphatic carbocycles. The van der Waals surface area contributed by atoms with Gasteiger partial charge in [0.05, 0.1) is 0 Å². The first kappa shape index (κ1) is 13.9. The molecule has 0 saturated carbocycles. The zero-order valence-electron chi connectivity index (χ0n) is 11.3. The van der Waals surface area contributed by atoms with Crippen molar-refractivity contribution in [3.8, 4) is 0 Å². The maximum Gasteiger partial charge on any atom is 0.343 e. The minimum Gasteiger partial charge on any atom is -0.323 e. The van der Waals surface area contributed by atoms with Gasteiger partial charge in [0.25, 0.3) is 0 Å². The molecule has 0 spiro atoms. The van der Waals surface area contributed by atoms with E-state index in [2.05, 4.69) is 42.2 Å². The molecule has 0 aliphatic heterocycles. The van der Waals surface area contributed by atoms with Crippen LogP contribution in [-0.2, 0) is 7.05 Å². The quantitative estimate of drug-likeness (QED) is 0.831. The van der Waals surface area contributed by atoms with Crippen molar-refractivity contribution in [3.63, 3.8) is 0 Å². The normalized spacial score (nSPS) is 12.6. The summed E-state index contributed by atoms with van der Waals surface area (Å²) in [5.74, 6) is 0.682. The van der Waals surface area contributed by atoms with E-state index in [0.717, 1.165) is 5.56 Å². The molecule has 0 bridgehead atoms. The van der Waals surface area contributed by atoms with E-state index in [-0.39, 0.29) is 11.7 Å². The van der Waals surface area contributed by atoms with Crippen molar-refractivity contribution in [2.24, 2.45) is 12.8 Å². The third kappa shape index (κ3) is 3.27. The van der Waals surface area contributed by atoms with Crippen LogP contribution in [0.15, 0.2) is 28.2 Å². The molecule has 5 nitrogen and oxygen atoms in total. The summed E-state index contributed by atoms with van der Waals surface area (Å²) < 4.78 is 1.48. The van der Waals surface area contributed by atoms with Crippen molar-refractivity contribution in [2.45, 2.75) is 25.0 Å². The average Bonchev–Trinajstić information content (AvgIpc) is 2.66. The van der Waals surface area contributed by atoms with Crippen molar-refractivity contribution in [2.75, 3.05) is 5.75 Å². The van der Waals surface area contributed by atoms with E-state index in [0.29, 0.717) is 10.9 Å². The molecular formula is C13H18N4OS. The van der Waals surface area contributed by atoms with E-state index < -0.39 is 0 Å². The Labute approximate surface area is 116 Å². The highest BCUT2D eigenvalue weighted by atomic mass is 32.2. The van der Waals surface area contributed by atoms with Gasteiger partial charge in [0, 0.05) is 18.8 Å². The maximum atomic E-state index is 11.2. The number of nitrogens with two attached hydrogens (primary N) is 1. The minimum absolute atomic E-state index is 0.0737. The molecule has 1 heterocycles. The largest absolute Gasteiger partial charge is 0.343 e. The number of H-pyrrole nitrogens is 1. The molecular weight excluding hydrogens is 260 g/mol. The van der Waals surface area contributed by atoms with Gasteiger partial charge in [-0.15, -0.1) is 5.10 Å². The zero-order chi connectivity index (χ0) is 14.0. The lowest BCUT2D eigenvalue weighted by molar-refractivity contribution is 0.759. The van der Waals surface area contributed by atoms with Crippen LogP contribution in [0.4, 0.5) is 0 Å². The second-order valence-corrected chi connectivity index (χ2v) is 5.70. The Kier molecular flexibility index (Phi) is 4.11. The lowest BCUT2D eigenvalue weighted by Gasteiger charge is -2.13. The molecule has 6 heteroatoms. The highest BCUT2D eigenvalue weighted by Crippen LogP contribution is 2.22. The van der Waals surface area contributed by atoms with E-state index in [9.17, 15) is 4.79 Å². The molecule has 1 unspecified atom stereocenters. The number of hydrogen-bond acceptors (Lipinski definition) is 4. The Hall–Kier alpha value is -1.53. The summed E-state index contributed by atoms with van der Waals surface area (Å²) in [5, 5.41) is 7.02. The number of thioether (sulfide) groups is 1. The number of rotatable bonds is 4. The van der Waals surface area contributed by atoms with Gasteiger partial charge in [-0.1, -0.05) is 41.1 Å². The number of nitrogens with zero attached hydrogens (tertiary/aromatic N) is 2. The third-order valence-corrected chi connectivity index (χ3v) is 4.05. The number of benzene rings is 1. The number of nitrogens with one attached hydrogen (secondary N) is 1. The topological polar surface area (TPSA) is 76.7 Å². The number of aromatic nitrogens is 3. The standard InChI is InChI=1S/C13H18N4OS/c1-8-4-9(2)6-10(5-8)11(14)7-19-13-16-15-12(18)17(13)3/h4-6,11H,7,14H2,1-3H3,(H,15,18). The maximum absolute atomic E-state index is 11.2. The van der Waals surface area contributed by atoms with Crippen molar-refractivity contribution >= 4 is 11.8 Å². The van der Waals surface area contributed by atoms with Gasteiger partial charge in [-0.05, 0) is 19.4 Å². The fourth-order valence-corrected chi connectivity index (χ4v) is 2.85. The van der Waals surface area contributed by atoms with Gasteiger partial charge in [-0.3, -0.25) is 4.57 Å². The van der Waals surface area contributed by atoms with Gasteiger partial charge >= 0.3 is 5.69 Å². The van der Waals surface area contributed by atoms with Crippen molar-refractivity contribution in [1.82, 2.24) is 14.8 Å². The predicted octanol–water partition coefficient (Wildman–Crippen LogP) is 1.52. The lowest BCUT2D eigenvalue weighted by atomic mass is 10.0. The van der Waals surface area contributed by atoms with Gasteiger partial charge in [-0.2, -0.15) is 0 Å². The summed E-state index contributed by atoms with van der Waals surface area (Å²) in [5.41, 5.74) is 9.52. The highest BCUT2D eigenvalue weighted by Gasteiger charge is 2.11. The summed E-state index contributed by atoms with van der Waals surface area (Å²) in [4.78, 5) is 11.2. The van der Waals surface area contributed by atoms with Crippen LogP contribution in [0.1, 0.15) is 22.7 Å². The molecule has 1 atom stereocenters. The van der Waals surface area contributed by atoms with Crippen molar-refractivity contribution < 1.29 is 0 Å². The molecule has 0 amide bonds. The predicted molar refractivity (Wildman–Crippen MR) is 77.4 cm³/mol. The Balaban J connectivity index is 2.07. The van der Waals surface area contributed by atoms with E-state index in [1.165, 1.54) is 27.5 Å². The third-order valence-electron chi connectivity index (χ3n) is 2.90. The van der Waals surface area contributed by atoms with Gasteiger partial charge in [0.1, 0.15) is 0 Å². The molecule has 19 heavy (non-hydrogen) atoms. The first-order valence-corrected chi connectivity index (χ1v) is 7.04. The highest BCUT2D eigenvalue weighted by molar-refractivity contribution is 7.99. The molecule has 0 radical (unpaired) electrons. The summed E-state index contributed by atoms with van der Waals surface area (Å²) in [6.07, 6.45) is 0. The molecule has 2 aromatic rings. The summed E-state index contributed by atoms with van der Waals surface area (Å²) in [6, 6.07) is 6.25. The fraction of sp³-hybridized carbons (Fsp3) is 0.385. The molecule has 3 N–H and O–H groups in total. The van der Waals surface area contributed by atoms with Crippen LogP contribution in [-0.4, -0.2) is 20.5 Å². The van der Waals surface area contributed by atoms with Crippen molar-refractivity contribution in [1.29, 1.82) is 0 Å². The lowest BCUT2D eigenvalue weighted by Crippen LogP contribution is -2.15. The monoisotopic (exact) mass is 278 g/mol. The average molecular weight is 278 g/mol. The van der Waals surface area contributed by atoms with Crippen LogP contribution in [0.3, 0.4) is 0 Å². The van der Waals surface area contributed by atoms with E-state index >= 15 is 0 Å². The molecule has 0 fully saturated rings. The Morgan fingerprint density at radius 2 is 2.00 bits per heavy atom. The van der Waals surface area contributed by atoms with E-state index in [1.54, 1.807) is 7.05 Å². The Morgan fingerprint density at radius 3 is 2.53 bits per heavy atom. The van der Waals surface area contributed by atoms with Crippen LogP contribution in [0.2, 0.25) is 0 Å². The van der Waals surface area contributed by atoms with Gasteiger partial charge in [0.15, 0.2) is 5.16 Å². The van der Waals surface area contributed by atoms with Gasteiger partial charge in [-0.25, -0.2) is 9.89 Å². The van der Waals surface area contributed by atoms with E-state index in [4.69, 9.17) is 5.73 Å². The smallest absolute Gasteiger partial charge is 0.323 e. The zero-order valence-corrected chi connectivity index (χ0v) is 12.1. The molecule has 0 saturated heterocycles. The number of aryl methyl sites for hydroxylation is 2. The number of aromatic amines is 1. The summed E-state index contributed by atoms with van der Waals surface area (Å²) in [6.45, 7) is 4.13. The second kappa shape index (κ2) is 5.63. The summed E-state index contributed by atoms with van der Waals surface area (Å²) >= 11 is 1.48.